The monoisotopic (exact) mass is 516 g/mol. The molecule has 1 aliphatic heterocycles. The van der Waals surface area contributed by atoms with Crippen molar-refractivity contribution >= 4 is 28.6 Å². The first-order valence-corrected chi connectivity index (χ1v) is 13.0. The molecule has 1 aliphatic rings. The third kappa shape index (κ3) is 5.77. The fraction of sp³-hybridized carbons (Fsp3) is 0.259. The van der Waals surface area contributed by atoms with E-state index in [0.717, 1.165) is 34.7 Å². The third-order valence-corrected chi connectivity index (χ3v) is 7.00. The summed E-state index contributed by atoms with van der Waals surface area (Å²) in [7, 11) is 0. The molecule has 3 heterocycles. The Bertz CT molecular complexity index is 1350. The Morgan fingerprint density at radius 2 is 2.08 bits per heavy atom. The molecule has 1 saturated heterocycles. The van der Waals surface area contributed by atoms with Gasteiger partial charge in [-0.25, -0.2) is 4.98 Å². The molecule has 2 aromatic heterocycles. The van der Waals surface area contributed by atoms with E-state index in [2.05, 4.69) is 25.4 Å². The van der Waals surface area contributed by atoms with Crippen LogP contribution in [0.3, 0.4) is 0 Å². The van der Waals surface area contributed by atoms with E-state index in [0.29, 0.717) is 42.6 Å². The number of carbonyl (C=O) groups is 1. The van der Waals surface area contributed by atoms with Crippen LogP contribution in [0.2, 0.25) is 0 Å². The summed E-state index contributed by atoms with van der Waals surface area (Å²) in [5, 5.41) is 13.2. The number of morpholine rings is 1. The topological polar surface area (TPSA) is 115 Å². The van der Waals surface area contributed by atoms with E-state index < -0.39 is 0 Å². The summed E-state index contributed by atoms with van der Waals surface area (Å²) in [5.74, 6) is 1.19. The van der Waals surface area contributed by atoms with Crippen molar-refractivity contribution in [2.45, 2.75) is 19.4 Å². The molecule has 5 rings (SSSR count). The van der Waals surface area contributed by atoms with Crippen molar-refractivity contribution < 1.29 is 14.3 Å². The van der Waals surface area contributed by atoms with Gasteiger partial charge < -0.3 is 25.4 Å². The number of carbonyl (C=O) groups excluding carboxylic acids is 1. The number of anilines is 2. The van der Waals surface area contributed by atoms with Gasteiger partial charge in [-0.3, -0.25) is 4.79 Å². The minimum atomic E-state index is -0.284. The van der Waals surface area contributed by atoms with E-state index in [4.69, 9.17) is 15.2 Å². The number of benzene rings is 2. The zero-order valence-electron chi connectivity index (χ0n) is 20.5. The highest BCUT2D eigenvalue weighted by Crippen LogP contribution is 2.39. The smallest absolute Gasteiger partial charge is 0.275 e. The van der Waals surface area contributed by atoms with Gasteiger partial charge in [0.2, 0.25) is 0 Å². The van der Waals surface area contributed by atoms with Gasteiger partial charge in [-0.05, 0) is 50.2 Å². The Labute approximate surface area is 219 Å². The maximum atomic E-state index is 13.3. The van der Waals surface area contributed by atoms with E-state index in [1.54, 1.807) is 17.8 Å². The minimum absolute atomic E-state index is 0.0236. The second-order valence-corrected chi connectivity index (χ2v) is 9.50. The van der Waals surface area contributed by atoms with Crippen LogP contribution in [-0.4, -0.2) is 53.4 Å². The molecule has 0 aliphatic carbocycles. The molecular weight excluding hydrogens is 488 g/mol. The predicted octanol–water partition coefficient (Wildman–Crippen LogP) is 4.51. The summed E-state index contributed by atoms with van der Waals surface area (Å²) in [6.45, 7) is 4.50. The fourth-order valence-corrected chi connectivity index (χ4v) is 5.10. The highest BCUT2D eigenvalue weighted by atomic mass is 32.1. The van der Waals surface area contributed by atoms with Crippen molar-refractivity contribution in [3.8, 4) is 22.1 Å². The molecule has 0 radical (unpaired) electrons. The number of rotatable bonds is 8. The Morgan fingerprint density at radius 3 is 2.86 bits per heavy atom. The van der Waals surface area contributed by atoms with Gasteiger partial charge in [0.05, 0.1) is 36.5 Å². The molecule has 2 aromatic carbocycles. The molecule has 9 nitrogen and oxygen atoms in total. The van der Waals surface area contributed by atoms with E-state index in [1.807, 2.05) is 55.5 Å². The largest absolute Gasteiger partial charge is 0.457 e. The quantitative estimate of drug-likeness (QED) is 0.352. The zero-order valence-corrected chi connectivity index (χ0v) is 21.3. The first-order chi connectivity index (χ1) is 18.1. The molecule has 10 heteroatoms. The lowest BCUT2D eigenvalue weighted by molar-refractivity contribution is 0.0369. The van der Waals surface area contributed by atoms with Crippen LogP contribution in [0.15, 0.2) is 66.3 Å². The van der Waals surface area contributed by atoms with Crippen molar-refractivity contribution in [1.29, 1.82) is 0 Å². The SMILES string of the molecule is Cc1c(Oc2ccccc2)ccc(NC(=O)c2csc(-c3ccnnc3)n2)c1N1CCO[C@H](CCN)C1. The molecule has 190 valence electrons. The molecule has 1 atom stereocenters. The maximum absolute atomic E-state index is 13.3. The van der Waals surface area contributed by atoms with E-state index in [9.17, 15) is 4.79 Å². The predicted molar refractivity (Wildman–Crippen MR) is 144 cm³/mol. The summed E-state index contributed by atoms with van der Waals surface area (Å²) in [6, 6.07) is 15.2. The number of thiazole rings is 1. The molecule has 3 N–H and O–H groups in total. The van der Waals surface area contributed by atoms with Crippen molar-refractivity contribution in [2.24, 2.45) is 5.73 Å². The second kappa shape index (κ2) is 11.5. The van der Waals surface area contributed by atoms with Gasteiger partial charge in [0, 0.05) is 29.6 Å². The van der Waals surface area contributed by atoms with Crippen molar-refractivity contribution in [2.75, 3.05) is 36.5 Å². The van der Waals surface area contributed by atoms with Gasteiger partial charge in [-0.15, -0.1) is 11.3 Å². The van der Waals surface area contributed by atoms with Gasteiger partial charge in [-0.2, -0.15) is 10.2 Å². The fourth-order valence-electron chi connectivity index (χ4n) is 4.31. The van der Waals surface area contributed by atoms with Crippen molar-refractivity contribution in [3.05, 3.63) is 77.6 Å². The third-order valence-electron chi connectivity index (χ3n) is 6.11. The molecular formula is C27H28N6O3S. The summed E-state index contributed by atoms with van der Waals surface area (Å²) in [6.07, 6.45) is 4.02. The van der Waals surface area contributed by atoms with Gasteiger partial charge >= 0.3 is 0 Å². The van der Waals surface area contributed by atoms with E-state index >= 15 is 0 Å². The van der Waals surface area contributed by atoms with Crippen LogP contribution in [0.4, 0.5) is 11.4 Å². The Morgan fingerprint density at radius 1 is 1.22 bits per heavy atom. The number of nitrogens with one attached hydrogen (secondary N) is 1. The lowest BCUT2D eigenvalue weighted by Crippen LogP contribution is -2.44. The first-order valence-electron chi connectivity index (χ1n) is 12.1. The number of aromatic nitrogens is 3. The minimum Gasteiger partial charge on any atom is -0.457 e. The van der Waals surface area contributed by atoms with Gasteiger partial charge in [0.15, 0.2) is 0 Å². The lowest BCUT2D eigenvalue weighted by Gasteiger charge is -2.36. The zero-order chi connectivity index (χ0) is 25.6. The molecule has 0 bridgehead atoms. The van der Waals surface area contributed by atoms with Crippen LogP contribution in [0.1, 0.15) is 22.5 Å². The summed E-state index contributed by atoms with van der Waals surface area (Å²) >= 11 is 1.39. The average molecular weight is 517 g/mol. The molecule has 0 unspecified atom stereocenters. The van der Waals surface area contributed by atoms with E-state index in [1.165, 1.54) is 11.3 Å². The molecule has 0 saturated carbocycles. The van der Waals surface area contributed by atoms with Gasteiger partial charge in [0.1, 0.15) is 22.2 Å². The Kier molecular flexibility index (Phi) is 7.69. The van der Waals surface area contributed by atoms with Crippen LogP contribution in [0, 0.1) is 6.92 Å². The van der Waals surface area contributed by atoms with Crippen molar-refractivity contribution in [3.63, 3.8) is 0 Å². The molecule has 4 aromatic rings. The molecule has 1 amide bonds. The van der Waals surface area contributed by atoms with Gasteiger partial charge in [-0.1, -0.05) is 18.2 Å². The second-order valence-electron chi connectivity index (χ2n) is 8.64. The van der Waals surface area contributed by atoms with Crippen LogP contribution >= 0.6 is 11.3 Å². The Balaban J connectivity index is 1.45. The summed E-state index contributed by atoms with van der Waals surface area (Å²) in [5.41, 5.74) is 9.48. The Hall–Kier alpha value is -3.86. The van der Waals surface area contributed by atoms with Crippen molar-refractivity contribution in [1.82, 2.24) is 15.2 Å². The molecule has 0 spiro atoms. The lowest BCUT2D eigenvalue weighted by atomic mass is 10.1. The normalized spacial score (nSPS) is 15.4. The van der Waals surface area contributed by atoms with Crippen LogP contribution < -0.4 is 20.7 Å². The number of hydrogen-bond donors (Lipinski definition) is 2. The molecule has 37 heavy (non-hydrogen) atoms. The first kappa shape index (κ1) is 24.8. The number of ether oxygens (including phenoxy) is 2. The highest BCUT2D eigenvalue weighted by Gasteiger charge is 2.26. The van der Waals surface area contributed by atoms with Gasteiger partial charge in [0.25, 0.3) is 5.91 Å². The number of nitrogens with two attached hydrogens (primary N) is 1. The molecule has 1 fully saturated rings. The highest BCUT2D eigenvalue weighted by molar-refractivity contribution is 7.13. The van der Waals surface area contributed by atoms with Crippen LogP contribution in [-0.2, 0) is 4.74 Å². The number of hydrogen-bond acceptors (Lipinski definition) is 9. The summed E-state index contributed by atoms with van der Waals surface area (Å²) in [4.78, 5) is 20.0. The number of nitrogens with zero attached hydrogens (tertiary/aromatic N) is 4. The number of para-hydroxylation sites is 1. The van der Waals surface area contributed by atoms with Crippen LogP contribution in [0.5, 0.6) is 11.5 Å². The standard InChI is InChI=1S/C27H28N6O3S/c1-18-24(36-20-5-3-2-4-6-20)8-7-22(25(18)33-13-14-35-21(16-33)9-11-28)31-26(34)23-17-37-27(32-23)19-10-12-29-30-15-19/h2-8,10,12,15,17,21H,9,11,13-14,16,28H2,1H3,(H,31,34)/t21-/m1/s1. The average Bonchev–Trinajstić information content (AvgIpc) is 3.43. The van der Waals surface area contributed by atoms with Crippen LogP contribution in [0.25, 0.3) is 10.6 Å². The van der Waals surface area contributed by atoms with E-state index in [-0.39, 0.29) is 12.0 Å². The maximum Gasteiger partial charge on any atom is 0.275 e. The summed E-state index contributed by atoms with van der Waals surface area (Å²) < 4.78 is 12.1. The number of amides is 1.